The summed E-state index contributed by atoms with van der Waals surface area (Å²) < 4.78 is 2.04. The third kappa shape index (κ3) is 1.73. The lowest BCUT2D eigenvalue weighted by atomic mass is 10.1. The van der Waals surface area contributed by atoms with Crippen LogP contribution in [0, 0.1) is 0 Å². The van der Waals surface area contributed by atoms with Gasteiger partial charge in [0.2, 0.25) is 0 Å². The first-order valence-electron chi connectivity index (χ1n) is 5.05. The largest absolute Gasteiger partial charge is 0.352 e. The van der Waals surface area contributed by atoms with E-state index < -0.39 is 0 Å². The molecule has 78 valence electrons. The van der Waals surface area contributed by atoms with E-state index in [1.54, 1.807) is 0 Å². The van der Waals surface area contributed by atoms with Crippen LogP contribution in [0.5, 0.6) is 0 Å². The maximum atomic E-state index is 11.6. The minimum absolute atomic E-state index is 0.0109. The fourth-order valence-electron chi connectivity index (χ4n) is 1.69. The van der Waals surface area contributed by atoms with Gasteiger partial charge in [-0.25, -0.2) is 0 Å². The molecule has 3 heteroatoms. The zero-order chi connectivity index (χ0) is 10.8. The van der Waals surface area contributed by atoms with Gasteiger partial charge in [-0.1, -0.05) is 0 Å². The Morgan fingerprint density at radius 3 is 2.93 bits per heavy atom. The fourth-order valence-corrected chi connectivity index (χ4v) is 1.69. The topological polar surface area (TPSA) is 34.0 Å². The van der Waals surface area contributed by atoms with Crippen molar-refractivity contribution in [3.63, 3.8) is 0 Å². The third-order valence-electron chi connectivity index (χ3n) is 2.48. The van der Waals surface area contributed by atoms with Crippen molar-refractivity contribution in [2.75, 3.05) is 6.54 Å². The standard InChI is InChI=1S/C12H14N2O/c1-3-13-12(15)10-4-5-11-9(8-10)6-7-14(11)2/h4-8H,3H2,1-2H3,(H,13,15). The molecule has 15 heavy (non-hydrogen) atoms. The van der Waals surface area contributed by atoms with Crippen molar-refractivity contribution in [1.29, 1.82) is 0 Å². The number of hydrogen-bond donors (Lipinski definition) is 1. The quantitative estimate of drug-likeness (QED) is 0.793. The van der Waals surface area contributed by atoms with Crippen molar-refractivity contribution < 1.29 is 4.79 Å². The van der Waals surface area contributed by atoms with Gasteiger partial charge in [0, 0.05) is 36.3 Å². The number of carbonyl (C=O) groups excluding carboxylic acids is 1. The normalized spacial score (nSPS) is 10.5. The molecular formula is C12H14N2O. The molecule has 3 nitrogen and oxygen atoms in total. The first-order valence-corrected chi connectivity index (χ1v) is 5.05. The van der Waals surface area contributed by atoms with Crippen LogP contribution in [0.3, 0.4) is 0 Å². The Kier molecular flexibility index (Phi) is 2.46. The Morgan fingerprint density at radius 1 is 1.40 bits per heavy atom. The van der Waals surface area contributed by atoms with Crippen LogP contribution < -0.4 is 5.32 Å². The van der Waals surface area contributed by atoms with Crippen LogP contribution in [0.4, 0.5) is 0 Å². The van der Waals surface area contributed by atoms with Gasteiger partial charge in [-0.15, -0.1) is 0 Å². The van der Waals surface area contributed by atoms with E-state index in [1.165, 1.54) is 0 Å². The Balaban J connectivity index is 2.43. The Hall–Kier alpha value is -1.77. The van der Waals surface area contributed by atoms with Gasteiger partial charge in [0.15, 0.2) is 0 Å². The van der Waals surface area contributed by atoms with Crippen LogP contribution in [0.25, 0.3) is 10.9 Å². The van der Waals surface area contributed by atoms with Crippen molar-refractivity contribution in [2.45, 2.75) is 6.92 Å². The highest BCUT2D eigenvalue weighted by atomic mass is 16.1. The summed E-state index contributed by atoms with van der Waals surface area (Å²) in [5, 5.41) is 3.89. The SMILES string of the molecule is CCNC(=O)c1ccc2c(ccn2C)c1. The molecule has 0 saturated heterocycles. The number of rotatable bonds is 2. The molecule has 1 aromatic carbocycles. The number of amides is 1. The number of carbonyl (C=O) groups is 1. The Labute approximate surface area is 88.7 Å². The lowest BCUT2D eigenvalue weighted by Gasteiger charge is -2.02. The Morgan fingerprint density at radius 2 is 2.20 bits per heavy atom. The molecule has 0 saturated carbocycles. The first kappa shape index (κ1) is 9.77. The zero-order valence-electron chi connectivity index (χ0n) is 8.95. The summed E-state index contributed by atoms with van der Waals surface area (Å²) in [5.41, 5.74) is 1.86. The summed E-state index contributed by atoms with van der Waals surface area (Å²) in [7, 11) is 1.99. The van der Waals surface area contributed by atoms with E-state index in [2.05, 4.69) is 5.32 Å². The van der Waals surface area contributed by atoms with Crippen molar-refractivity contribution in [1.82, 2.24) is 9.88 Å². The molecule has 0 aliphatic heterocycles. The average molecular weight is 202 g/mol. The Bertz CT molecular complexity index is 499. The lowest BCUT2D eigenvalue weighted by Crippen LogP contribution is -2.22. The maximum Gasteiger partial charge on any atom is 0.251 e. The van der Waals surface area contributed by atoms with Gasteiger partial charge in [0.25, 0.3) is 5.91 Å². The van der Waals surface area contributed by atoms with Gasteiger partial charge in [-0.3, -0.25) is 4.79 Å². The molecule has 0 aliphatic rings. The third-order valence-corrected chi connectivity index (χ3v) is 2.48. The predicted octanol–water partition coefficient (Wildman–Crippen LogP) is 1.93. The van der Waals surface area contributed by atoms with Crippen molar-refractivity contribution in [3.05, 3.63) is 36.0 Å². The van der Waals surface area contributed by atoms with Crippen LogP contribution in [-0.2, 0) is 7.05 Å². The van der Waals surface area contributed by atoms with E-state index >= 15 is 0 Å². The van der Waals surface area contributed by atoms with E-state index in [9.17, 15) is 4.79 Å². The number of nitrogens with one attached hydrogen (secondary N) is 1. The minimum Gasteiger partial charge on any atom is -0.352 e. The van der Waals surface area contributed by atoms with Crippen LogP contribution in [-0.4, -0.2) is 17.0 Å². The smallest absolute Gasteiger partial charge is 0.251 e. The highest BCUT2D eigenvalue weighted by molar-refractivity contribution is 5.98. The molecule has 1 amide bonds. The van der Waals surface area contributed by atoms with E-state index in [4.69, 9.17) is 0 Å². The van der Waals surface area contributed by atoms with Gasteiger partial charge in [-0.05, 0) is 31.2 Å². The van der Waals surface area contributed by atoms with Crippen molar-refractivity contribution >= 4 is 16.8 Å². The molecule has 1 aromatic heterocycles. The molecule has 2 rings (SSSR count). The molecule has 1 heterocycles. The molecule has 0 aliphatic carbocycles. The maximum absolute atomic E-state index is 11.6. The second kappa shape index (κ2) is 3.77. The summed E-state index contributed by atoms with van der Waals surface area (Å²) in [6.07, 6.45) is 1.99. The lowest BCUT2D eigenvalue weighted by molar-refractivity contribution is 0.0956. The molecule has 1 N–H and O–H groups in total. The van der Waals surface area contributed by atoms with E-state index in [-0.39, 0.29) is 5.91 Å². The second-order valence-corrected chi connectivity index (χ2v) is 3.56. The number of nitrogens with zero attached hydrogens (tertiary/aromatic N) is 1. The number of fused-ring (bicyclic) bond motifs is 1. The minimum atomic E-state index is -0.0109. The molecule has 0 atom stereocenters. The number of hydrogen-bond acceptors (Lipinski definition) is 1. The molecular weight excluding hydrogens is 188 g/mol. The highest BCUT2D eigenvalue weighted by Crippen LogP contribution is 2.16. The predicted molar refractivity (Wildman–Crippen MR) is 60.9 cm³/mol. The summed E-state index contributed by atoms with van der Waals surface area (Å²) >= 11 is 0. The zero-order valence-corrected chi connectivity index (χ0v) is 8.95. The average Bonchev–Trinajstić information content (AvgIpc) is 2.60. The molecule has 2 aromatic rings. The van der Waals surface area contributed by atoms with Crippen molar-refractivity contribution in [2.24, 2.45) is 7.05 Å². The fraction of sp³-hybridized carbons (Fsp3) is 0.250. The number of aromatic nitrogens is 1. The van der Waals surface area contributed by atoms with Gasteiger partial charge >= 0.3 is 0 Å². The van der Waals surface area contributed by atoms with Gasteiger partial charge < -0.3 is 9.88 Å². The molecule has 0 radical (unpaired) electrons. The molecule has 0 fully saturated rings. The van der Waals surface area contributed by atoms with Crippen LogP contribution in [0.1, 0.15) is 17.3 Å². The first-order chi connectivity index (χ1) is 7.22. The molecule has 0 spiro atoms. The number of benzene rings is 1. The number of aryl methyl sites for hydroxylation is 1. The summed E-state index contributed by atoms with van der Waals surface area (Å²) in [6.45, 7) is 2.57. The van der Waals surface area contributed by atoms with Gasteiger partial charge in [0.1, 0.15) is 0 Å². The molecule has 0 unspecified atom stereocenters. The van der Waals surface area contributed by atoms with E-state index in [1.807, 2.05) is 49.0 Å². The van der Waals surface area contributed by atoms with Gasteiger partial charge in [-0.2, -0.15) is 0 Å². The monoisotopic (exact) mass is 202 g/mol. The van der Waals surface area contributed by atoms with Crippen LogP contribution in [0.2, 0.25) is 0 Å². The highest BCUT2D eigenvalue weighted by Gasteiger charge is 2.05. The summed E-state index contributed by atoms with van der Waals surface area (Å²) in [6, 6.07) is 7.76. The van der Waals surface area contributed by atoms with E-state index in [0.29, 0.717) is 6.54 Å². The summed E-state index contributed by atoms with van der Waals surface area (Å²) in [5.74, 6) is -0.0109. The second-order valence-electron chi connectivity index (χ2n) is 3.56. The van der Waals surface area contributed by atoms with Crippen LogP contribution >= 0.6 is 0 Å². The molecule has 0 bridgehead atoms. The van der Waals surface area contributed by atoms with Crippen molar-refractivity contribution in [3.8, 4) is 0 Å². The van der Waals surface area contributed by atoms with Gasteiger partial charge in [0.05, 0.1) is 0 Å². The summed E-state index contributed by atoms with van der Waals surface area (Å²) in [4.78, 5) is 11.6. The van der Waals surface area contributed by atoms with Crippen LogP contribution in [0.15, 0.2) is 30.5 Å². The van der Waals surface area contributed by atoms with E-state index in [0.717, 1.165) is 16.5 Å².